The van der Waals surface area contributed by atoms with E-state index in [-0.39, 0.29) is 0 Å². The average molecular weight is 354 g/mol. The highest BCUT2D eigenvalue weighted by Gasteiger charge is 2.19. The topological polar surface area (TPSA) is 50.2 Å². The van der Waals surface area contributed by atoms with E-state index in [0.29, 0.717) is 22.9 Å². The molecule has 0 aliphatic heterocycles. The number of carboxylic acids is 1. The van der Waals surface area contributed by atoms with E-state index in [4.69, 9.17) is 0 Å². The number of aryl methyl sites for hydroxylation is 1. The maximum atomic E-state index is 11.3. The highest BCUT2D eigenvalue weighted by Crippen LogP contribution is 2.31. The number of nitrogens with zero attached hydrogens (tertiary/aromatic N) is 1. The van der Waals surface area contributed by atoms with Crippen molar-refractivity contribution in [2.24, 2.45) is 5.92 Å². The summed E-state index contributed by atoms with van der Waals surface area (Å²) in [4.78, 5) is 16.2. The largest absolute Gasteiger partial charge is 0.477 e. The molecule has 0 saturated carbocycles. The molecule has 20 heavy (non-hydrogen) atoms. The van der Waals surface area contributed by atoms with Gasteiger partial charge < -0.3 is 5.11 Å². The molecule has 0 amide bonds. The number of rotatable bonds is 4. The first-order valence-electron chi connectivity index (χ1n) is 6.38. The van der Waals surface area contributed by atoms with E-state index in [1.165, 1.54) is 11.3 Å². The van der Waals surface area contributed by atoms with Crippen LogP contribution >= 0.6 is 27.3 Å². The number of halogens is 1. The zero-order valence-corrected chi connectivity index (χ0v) is 14.0. The molecule has 2 rings (SSSR count). The first-order valence-corrected chi connectivity index (χ1v) is 7.99. The molecule has 2 aromatic rings. The monoisotopic (exact) mass is 353 g/mol. The van der Waals surface area contributed by atoms with Crippen LogP contribution in [0.4, 0.5) is 0 Å². The molecule has 1 heterocycles. The molecule has 0 spiro atoms. The third-order valence-corrected chi connectivity index (χ3v) is 4.92. The van der Waals surface area contributed by atoms with Gasteiger partial charge in [-0.1, -0.05) is 35.8 Å². The zero-order valence-electron chi connectivity index (χ0n) is 11.6. The molecule has 0 saturated heterocycles. The molecule has 0 aliphatic carbocycles. The summed E-state index contributed by atoms with van der Waals surface area (Å²) in [6, 6.07) is 5.95. The van der Waals surface area contributed by atoms with Gasteiger partial charge in [0.2, 0.25) is 0 Å². The van der Waals surface area contributed by atoms with Crippen molar-refractivity contribution in [2.75, 3.05) is 0 Å². The summed E-state index contributed by atoms with van der Waals surface area (Å²) in [6.07, 6.45) is 0.688. The van der Waals surface area contributed by atoms with Crippen molar-refractivity contribution in [3.05, 3.63) is 38.8 Å². The number of thiazole rings is 1. The summed E-state index contributed by atoms with van der Waals surface area (Å²) in [5.41, 5.74) is 2.77. The molecule has 1 aromatic heterocycles. The van der Waals surface area contributed by atoms with Crippen LogP contribution in [0.5, 0.6) is 0 Å². The van der Waals surface area contributed by atoms with Crippen LogP contribution in [0.25, 0.3) is 10.6 Å². The molecular weight excluding hydrogens is 338 g/mol. The van der Waals surface area contributed by atoms with Gasteiger partial charge in [-0.2, -0.15) is 0 Å². The average Bonchev–Trinajstić information content (AvgIpc) is 2.76. The number of carbonyl (C=O) groups is 1. The van der Waals surface area contributed by atoms with Gasteiger partial charge in [0.05, 0.1) is 5.69 Å². The van der Waals surface area contributed by atoms with Crippen molar-refractivity contribution >= 4 is 33.2 Å². The van der Waals surface area contributed by atoms with Crippen LogP contribution in [-0.4, -0.2) is 16.1 Å². The number of hydrogen-bond donors (Lipinski definition) is 1. The van der Waals surface area contributed by atoms with E-state index in [1.807, 2.05) is 25.1 Å². The predicted molar refractivity (Wildman–Crippen MR) is 85.5 cm³/mol. The third-order valence-electron chi connectivity index (χ3n) is 2.90. The van der Waals surface area contributed by atoms with E-state index in [0.717, 1.165) is 20.6 Å². The number of benzene rings is 1. The molecule has 0 aliphatic rings. The van der Waals surface area contributed by atoms with Gasteiger partial charge in [-0.15, -0.1) is 11.3 Å². The second-order valence-corrected chi connectivity index (χ2v) is 7.02. The van der Waals surface area contributed by atoms with E-state index in [1.54, 1.807) is 0 Å². The molecule has 1 N–H and O–H groups in total. The Morgan fingerprint density at radius 2 is 2.15 bits per heavy atom. The van der Waals surface area contributed by atoms with E-state index in [2.05, 4.69) is 34.8 Å². The molecule has 106 valence electrons. The summed E-state index contributed by atoms with van der Waals surface area (Å²) in [7, 11) is 0. The maximum absolute atomic E-state index is 11.3. The molecule has 0 radical (unpaired) electrons. The summed E-state index contributed by atoms with van der Waals surface area (Å²) >= 11 is 4.72. The Bertz CT molecular complexity index is 649. The lowest BCUT2D eigenvalue weighted by atomic mass is 10.1. The van der Waals surface area contributed by atoms with Crippen molar-refractivity contribution in [2.45, 2.75) is 27.2 Å². The number of hydrogen-bond acceptors (Lipinski definition) is 3. The fraction of sp³-hybridized carbons (Fsp3) is 0.333. The second kappa shape index (κ2) is 6.06. The lowest BCUT2D eigenvalue weighted by Crippen LogP contribution is -2.02. The van der Waals surface area contributed by atoms with Crippen LogP contribution in [0.2, 0.25) is 0 Å². The fourth-order valence-corrected chi connectivity index (χ4v) is 3.12. The summed E-state index contributed by atoms with van der Waals surface area (Å²) < 4.78 is 1.04. The molecule has 5 heteroatoms. The summed E-state index contributed by atoms with van der Waals surface area (Å²) in [6.45, 7) is 6.14. The molecule has 0 bridgehead atoms. The SMILES string of the molecule is Cc1cc(-c2nc(CC(C)C)c(C(=O)O)s2)ccc1Br. The lowest BCUT2D eigenvalue weighted by molar-refractivity contribution is 0.0700. The summed E-state index contributed by atoms with van der Waals surface area (Å²) in [5.74, 6) is -0.507. The van der Waals surface area contributed by atoms with Crippen molar-refractivity contribution in [1.29, 1.82) is 0 Å². The highest BCUT2D eigenvalue weighted by molar-refractivity contribution is 9.10. The minimum Gasteiger partial charge on any atom is -0.477 e. The van der Waals surface area contributed by atoms with Crippen LogP contribution in [0.3, 0.4) is 0 Å². The zero-order chi connectivity index (χ0) is 14.9. The highest BCUT2D eigenvalue weighted by atomic mass is 79.9. The van der Waals surface area contributed by atoms with E-state index >= 15 is 0 Å². The van der Waals surface area contributed by atoms with Crippen LogP contribution in [0.15, 0.2) is 22.7 Å². The Morgan fingerprint density at radius 1 is 1.45 bits per heavy atom. The maximum Gasteiger partial charge on any atom is 0.347 e. The molecule has 0 atom stereocenters. The van der Waals surface area contributed by atoms with Gasteiger partial charge in [-0.25, -0.2) is 9.78 Å². The standard InChI is InChI=1S/C15H16BrNO2S/c1-8(2)6-12-13(15(18)19)20-14(17-12)10-4-5-11(16)9(3)7-10/h4-5,7-8H,6H2,1-3H3,(H,18,19). The molecule has 3 nitrogen and oxygen atoms in total. The minimum absolute atomic E-state index is 0.356. The quantitative estimate of drug-likeness (QED) is 0.860. The fourth-order valence-electron chi connectivity index (χ4n) is 1.95. The first kappa shape index (κ1) is 15.2. The Labute approximate surface area is 130 Å². The van der Waals surface area contributed by atoms with Crippen LogP contribution in [0, 0.1) is 12.8 Å². The Balaban J connectivity index is 2.46. The van der Waals surface area contributed by atoms with E-state index in [9.17, 15) is 9.90 Å². The second-order valence-electron chi connectivity index (χ2n) is 5.16. The minimum atomic E-state index is -0.891. The number of carboxylic acid groups (broad SMARTS) is 1. The lowest BCUT2D eigenvalue weighted by Gasteiger charge is -2.02. The van der Waals surface area contributed by atoms with Crippen LogP contribution in [0.1, 0.15) is 34.8 Å². The Morgan fingerprint density at radius 3 is 2.70 bits per heavy atom. The first-order chi connectivity index (χ1) is 9.38. The third kappa shape index (κ3) is 3.27. The van der Waals surface area contributed by atoms with Crippen molar-refractivity contribution in [3.8, 4) is 10.6 Å². The van der Waals surface area contributed by atoms with Crippen LogP contribution < -0.4 is 0 Å². The van der Waals surface area contributed by atoms with E-state index < -0.39 is 5.97 Å². The van der Waals surface area contributed by atoms with Crippen molar-refractivity contribution in [3.63, 3.8) is 0 Å². The van der Waals surface area contributed by atoms with Gasteiger partial charge in [-0.05, 0) is 37.0 Å². The molecular formula is C15H16BrNO2S. The van der Waals surface area contributed by atoms with Gasteiger partial charge in [0.15, 0.2) is 0 Å². The normalized spacial score (nSPS) is 11.1. The van der Waals surface area contributed by atoms with Crippen LogP contribution in [-0.2, 0) is 6.42 Å². The van der Waals surface area contributed by atoms with Crippen molar-refractivity contribution < 1.29 is 9.90 Å². The Hall–Kier alpha value is -1.20. The van der Waals surface area contributed by atoms with Gasteiger partial charge in [0.25, 0.3) is 0 Å². The van der Waals surface area contributed by atoms with Gasteiger partial charge >= 0.3 is 5.97 Å². The van der Waals surface area contributed by atoms with Gasteiger partial charge in [-0.3, -0.25) is 0 Å². The summed E-state index contributed by atoms with van der Waals surface area (Å²) in [5, 5.41) is 10.1. The number of aromatic carboxylic acids is 1. The van der Waals surface area contributed by atoms with Gasteiger partial charge in [0.1, 0.15) is 9.88 Å². The molecule has 0 fully saturated rings. The smallest absolute Gasteiger partial charge is 0.347 e. The number of aromatic nitrogens is 1. The molecule has 0 unspecified atom stereocenters. The predicted octanol–water partition coefficient (Wildman–Crippen LogP) is 4.78. The molecule has 1 aromatic carbocycles. The Kier molecular flexibility index (Phi) is 4.60. The van der Waals surface area contributed by atoms with Crippen molar-refractivity contribution in [1.82, 2.24) is 4.98 Å². The van der Waals surface area contributed by atoms with Gasteiger partial charge in [0, 0.05) is 10.0 Å².